The molecule has 1 N–H and O–H groups in total. The second kappa shape index (κ2) is 8.38. The molecule has 0 aliphatic carbocycles. The minimum atomic E-state index is 0.195. The highest BCUT2D eigenvalue weighted by Gasteiger charge is 2.15. The van der Waals surface area contributed by atoms with Gasteiger partial charge < -0.3 is 4.98 Å². The van der Waals surface area contributed by atoms with Gasteiger partial charge in [0.2, 0.25) is 0 Å². The highest BCUT2D eigenvalue weighted by molar-refractivity contribution is 5.85. The zero-order valence-corrected chi connectivity index (χ0v) is 14.6. The Bertz CT molecular complexity index is 656. The van der Waals surface area contributed by atoms with E-state index >= 15 is 0 Å². The first-order valence-corrected chi connectivity index (χ1v) is 7.92. The molecule has 3 rings (SSSR count). The third-order valence-corrected chi connectivity index (χ3v) is 3.24. The van der Waals surface area contributed by atoms with Gasteiger partial charge in [0, 0.05) is 29.7 Å². The molecule has 0 aliphatic rings. The number of hydrogen-bond acceptors (Lipinski definition) is 1. The molecule has 0 fully saturated rings. The van der Waals surface area contributed by atoms with Gasteiger partial charge in [-0.05, 0) is 41.5 Å². The Morgan fingerprint density at radius 3 is 2.18 bits per heavy atom. The molecule has 2 nitrogen and oxygen atoms in total. The van der Waals surface area contributed by atoms with Crippen molar-refractivity contribution in [1.29, 1.82) is 0 Å². The van der Waals surface area contributed by atoms with Gasteiger partial charge in [0.05, 0.1) is 0 Å². The monoisotopic (exact) mass is 296 g/mol. The van der Waals surface area contributed by atoms with E-state index in [4.69, 9.17) is 0 Å². The molecule has 0 aliphatic heterocycles. The van der Waals surface area contributed by atoms with Crippen LogP contribution >= 0.6 is 0 Å². The normalized spacial score (nSPS) is 10.3. The van der Waals surface area contributed by atoms with Crippen molar-refractivity contribution in [3.05, 3.63) is 66.2 Å². The van der Waals surface area contributed by atoms with E-state index in [9.17, 15) is 0 Å². The maximum absolute atomic E-state index is 4.14. The highest BCUT2D eigenvalue weighted by Crippen LogP contribution is 2.28. The third kappa shape index (κ3) is 5.03. The van der Waals surface area contributed by atoms with Crippen molar-refractivity contribution in [3.8, 4) is 0 Å². The summed E-state index contributed by atoms with van der Waals surface area (Å²) < 4.78 is 0. The number of rotatable bonds is 0. The lowest BCUT2D eigenvalue weighted by atomic mass is 9.84. The standard InChI is InChI=1S/C13H15N.C5H7N.C2H6/c1-13(2,3)12-6-4-5-10-9-14-8-7-11(10)12;1-5-3-2-4-6-5;1-2/h4-9H,1-3H3;2-4,6H,1H3;1-2H3. The number of aromatic amines is 1. The quantitative estimate of drug-likeness (QED) is 0.551. The lowest BCUT2D eigenvalue weighted by Crippen LogP contribution is -2.11. The minimum absolute atomic E-state index is 0.195. The average molecular weight is 296 g/mol. The summed E-state index contributed by atoms with van der Waals surface area (Å²) in [6.45, 7) is 12.7. The van der Waals surface area contributed by atoms with Gasteiger partial charge in [-0.2, -0.15) is 0 Å². The summed E-state index contributed by atoms with van der Waals surface area (Å²) >= 11 is 0. The van der Waals surface area contributed by atoms with Crippen molar-refractivity contribution in [3.63, 3.8) is 0 Å². The van der Waals surface area contributed by atoms with Crippen LogP contribution in [0.15, 0.2) is 55.0 Å². The summed E-state index contributed by atoms with van der Waals surface area (Å²) in [7, 11) is 0. The van der Waals surface area contributed by atoms with Crippen molar-refractivity contribution >= 4 is 10.8 Å². The van der Waals surface area contributed by atoms with Crippen LogP contribution in [0.5, 0.6) is 0 Å². The van der Waals surface area contributed by atoms with Crippen molar-refractivity contribution in [2.75, 3.05) is 0 Å². The minimum Gasteiger partial charge on any atom is -0.365 e. The van der Waals surface area contributed by atoms with Crippen LogP contribution in [0.1, 0.15) is 45.9 Å². The number of fused-ring (bicyclic) bond motifs is 1. The van der Waals surface area contributed by atoms with Gasteiger partial charge in [-0.25, -0.2) is 0 Å². The SMILES string of the molecule is CC.CC(C)(C)c1cccc2cnccc12.Cc1ccc[nH]1. The Labute approximate surface area is 134 Å². The van der Waals surface area contributed by atoms with Crippen LogP contribution in [0.2, 0.25) is 0 Å². The molecule has 0 saturated carbocycles. The van der Waals surface area contributed by atoms with Crippen LogP contribution in [0.3, 0.4) is 0 Å². The number of nitrogens with one attached hydrogen (secondary N) is 1. The molecule has 1 aromatic carbocycles. The molecule has 118 valence electrons. The van der Waals surface area contributed by atoms with Crippen LogP contribution < -0.4 is 0 Å². The van der Waals surface area contributed by atoms with E-state index in [1.54, 1.807) is 0 Å². The molecule has 0 amide bonds. The zero-order valence-electron chi connectivity index (χ0n) is 14.6. The molecule has 0 bridgehead atoms. The van der Waals surface area contributed by atoms with E-state index in [0.29, 0.717) is 0 Å². The smallest absolute Gasteiger partial charge is 0.0346 e. The largest absolute Gasteiger partial charge is 0.365 e. The van der Waals surface area contributed by atoms with E-state index in [0.717, 1.165) is 0 Å². The Morgan fingerprint density at radius 2 is 1.68 bits per heavy atom. The number of aromatic nitrogens is 2. The fraction of sp³-hybridized carbons (Fsp3) is 0.350. The molecular formula is C20H28N2. The van der Waals surface area contributed by atoms with Crippen molar-refractivity contribution < 1.29 is 0 Å². The number of pyridine rings is 1. The Balaban J connectivity index is 0.000000253. The van der Waals surface area contributed by atoms with Crippen LogP contribution in [0.4, 0.5) is 0 Å². The number of benzene rings is 1. The summed E-state index contributed by atoms with van der Waals surface area (Å²) in [5.74, 6) is 0. The maximum Gasteiger partial charge on any atom is 0.0346 e. The van der Waals surface area contributed by atoms with Crippen LogP contribution in [0.25, 0.3) is 10.8 Å². The number of aryl methyl sites for hydroxylation is 1. The van der Waals surface area contributed by atoms with E-state index in [-0.39, 0.29) is 5.41 Å². The van der Waals surface area contributed by atoms with Crippen molar-refractivity contribution in [1.82, 2.24) is 9.97 Å². The number of nitrogens with zero attached hydrogens (tertiary/aromatic N) is 1. The van der Waals surface area contributed by atoms with Gasteiger partial charge >= 0.3 is 0 Å². The fourth-order valence-corrected chi connectivity index (χ4v) is 2.20. The van der Waals surface area contributed by atoms with E-state index < -0.39 is 0 Å². The van der Waals surface area contributed by atoms with E-state index in [2.05, 4.69) is 55.0 Å². The lowest BCUT2D eigenvalue weighted by molar-refractivity contribution is 0.596. The van der Waals surface area contributed by atoms with E-state index in [1.807, 2.05) is 51.5 Å². The van der Waals surface area contributed by atoms with Gasteiger partial charge in [0.15, 0.2) is 0 Å². The maximum atomic E-state index is 4.14. The molecule has 0 saturated heterocycles. The van der Waals surface area contributed by atoms with Crippen molar-refractivity contribution in [2.24, 2.45) is 0 Å². The first-order valence-electron chi connectivity index (χ1n) is 7.92. The fourth-order valence-electron chi connectivity index (χ4n) is 2.20. The predicted octanol–water partition coefficient (Wildman–Crippen LogP) is 5.88. The molecule has 2 heterocycles. The molecular weight excluding hydrogens is 268 g/mol. The molecule has 3 aromatic rings. The molecule has 0 spiro atoms. The second-order valence-electron chi connectivity index (χ2n) is 6.01. The lowest BCUT2D eigenvalue weighted by Gasteiger charge is -2.20. The third-order valence-electron chi connectivity index (χ3n) is 3.24. The highest BCUT2D eigenvalue weighted by atomic mass is 14.7. The van der Waals surface area contributed by atoms with Crippen LogP contribution in [-0.4, -0.2) is 9.97 Å². The van der Waals surface area contributed by atoms with Crippen LogP contribution in [0, 0.1) is 6.92 Å². The Hall–Kier alpha value is -2.09. The molecule has 0 radical (unpaired) electrons. The second-order valence-corrected chi connectivity index (χ2v) is 6.01. The summed E-state index contributed by atoms with van der Waals surface area (Å²) in [5.41, 5.74) is 2.80. The summed E-state index contributed by atoms with van der Waals surface area (Å²) in [6, 6.07) is 12.5. The molecule has 2 heteroatoms. The van der Waals surface area contributed by atoms with Gasteiger partial charge in [-0.15, -0.1) is 0 Å². The van der Waals surface area contributed by atoms with Gasteiger partial charge in [-0.3, -0.25) is 4.98 Å². The predicted molar refractivity (Wildman–Crippen MR) is 97.3 cm³/mol. The van der Waals surface area contributed by atoms with Gasteiger partial charge in [0.1, 0.15) is 0 Å². The van der Waals surface area contributed by atoms with E-state index in [1.165, 1.54) is 22.0 Å². The summed E-state index contributed by atoms with van der Waals surface area (Å²) in [4.78, 5) is 7.14. The Kier molecular flexibility index (Phi) is 6.84. The topological polar surface area (TPSA) is 28.7 Å². The average Bonchev–Trinajstić information content (AvgIpc) is 2.99. The van der Waals surface area contributed by atoms with Crippen molar-refractivity contribution in [2.45, 2.75) is 47.0 Å². The van der Waals surface area contributed by atoms with Crippen LogP contribution in [-0.2, 0) is 5.41 Å². The molecule has 2 aromatic heterocycles. The molecule has 0 atom stereocenters. The molecule has 0 unspecified atom stereocenters. The first-order chi connectivity index (χ1) is 10.5. The summed E-state index contributed by atoms with van der Waals surface area (Å²) in [6.07, 6.45) is 5.69. The summed E-state index contributed by atoms with van der Waals surface area (Å²) in [5, 5.41) is 2.54. The van der Waals surface area contributed by atoms with Gasteiger partial charge in [0.25, 0.3) is 0 Å². The number of hydrogen-bond donors (Lipinski definition) is 1. The Morgan fingerprint density at radius 1 is 0.955 bits per heavy atom. The molecule has 22 heavy (non-hydrogen) atoms. The number of H-pyrrole nitrogens is 1. The zero-order chi connectivity index (χ0) is 16.6. The van der Waals surface area contributed by atoms with Gasteiger partial charge in [-0.1, -0.05) is 52.8 Å². The first kappa shape index (κ1) is 18.0.